The number of nitrogens with zero attached hydrogens (tertiary/aromatic N) is 1. The van der Waals surface area contributed by atoms with Crippen molar-refractivity contribution in [3.05, 3.63) is 0 Å². The first kappa shape index (κ1) is 13.9. The van der Waals surface area contributed by atoms with Crippen molar-refractivity contribution < 1.29 is 13.5 Å². The van der Waals surface area contributed by atoms with E-state index in [2.05, 4.69) is 0 Å². The molecule has 0 radical (unpaired) electrons. The van der Waals surface area contributed by atoms with Crippen molar-refractivity contribution >= 4 is 10.0 Å². The van der Waals surface area contributed by atoms with Crippen molar-refractivity contribution in [3.8, 4) is 0 Å². The SMILES string of the molecule is CCCCS(=O)(=O)N(C)C(C)(C)CO. The Morgan fingerprint density at radius 3 is 2.21 bits per heavy atom. The minimum Gasteiger partial charge on any atom is -0.394 e. The summed E-state index contributed by atoms with van der Waals surface area (Å²) in [5, 5.41) is 9.05. The van der Waals surface area contributed by atoms with Crippen LogP contribution in [0.5, 0.6) is 0 Å². The van der Waals surface area contributed by atoms with Gasteiger partial charge in [0.25, 0.3) is 0 Å². The van der Waals surface area contributed by atoms with Crippen LogP contribution in [0.2, 0.25) is 0 Å². The lowest BCUT2D eigenvalue weighted by Crippen LogP contribution is -2.48. The first-order valence-electron chi connectivity index (χ1n) is 4.85. The van der Waals surface area contributed by atoms with E-state index in [1.807, 2.05) is 6.92 Å². The van der Waals surface area contributed by atoms with E-state index in [0.29, 0.717) is 6.42 Å². The van der Waals surface area contributed by atoms with Gasteiger partial charge < -0.3 is 5.11 Å². The van der Waals surface area contributed by atoms with Crippen molar-refractivity contribution in [2.24, 2.45) is 0 Å². The van der Waals surface area contributed by atoms with Crippen LogP contribution in [0.15, 0.2) is 0 Å². The van der Waals surface area contributed by atoms with Crippen LogP contribution in [-0.2, 0) is 10.0 Å². The highest BCUT2D eigenvalue weighted by Crippen LogP contribution is 2.16. The molecule has 4 nitrogen and oxygen atoms in total. The van der Waals surface area contributed by atoms with Crippen molar-refractivity contribution in [1.29, 1.82) is 0 Å². The summed E-state index contributed by atoms with van der Waals surface area (Å²) in [6.07, 6.45) is 1.51. The van der Waals surface area contributed by atoms with E-state index in [9.17, 15) is 8.42 Å². The molecule has 0 spiro atoms. The van der Waals surface area contributed by atoms with Crippen LogP contribution in [0.25, 0.3) is 0 Å². The Kier molecular flexibility index (Phi) is 5.05. The maximum Gasteiger partial charge on any atom is 0.214 e. The second-order valence-electron chi connectivity index (χ2n) is 4.11. The van der Waals surface area contributed by atoms with Gasteiger partial charge in [-0.3, -0.25) is 0 Å². The van der Waals surface area contributed by atoms with E-state index in [-0.39, 0.29) is 12.4 Å². The summed E-state index contributed by atoms with van der Waals surface area (Å²) < 4.78 is 24.7. The number of rotatable bonds is 6. The first-order valence-corrected chi connectivity index (χ1v) is 6.46. The van der Waals surface area contributed by atoms with Crippen molar-refractivity contribution in [2.75, 3.05) is 19.4 Å². The third-order valence-corrected chi connectivity index (χ3v) is 4.55. The van der Waals surface area contributed by atoms with Crippen molar-refractivity contribution in [1.82, 2.24) is 4.31 Å². The number of hydrogen-bond donors (Lipinski definition) is 1. The molecule has 0 aliphatic rings. The lowest BCUT2D eigenvalue weighted by atomic mass is 10.1. The third kappa shape index (κ3) is 3.55. The summed E-state index contributed by atoms with van der Waals surface area (Å²) in [7, 11) is -1.70. The van der Waals surface area contributed by atoms with Crippen LogP contribution in [0.1, 0.15) is 33.6 Å². The summed E-state index contributed by atoms with van der Waals surface area (Å²) in [5.74, 6) is 0.156. The zero-order valence-electron chi connectivity index (χ0n) is 9.45. The zero-order valence-corrected chi connectivity index (χ0v) is 10.3. The van der Waals surface area contributed by atoms with E-state index in [1.165, 1.54) is 11.4 Å². The number of unbranched alkanes of at least 4 members (excludes halogenated alkanes) is 1. The lowest BCUT2D eigenvalue weighted by molar-refractivity contribution is 0.138. The lowest BCUT2D eigenvalue weighted by Gasteiger charge is -2.32. The van der Waals surface area contributed by atoms with Gasteiger partial charge in [0.2, 0.25) is 10.0 Å². The Balaban J connectivity index is 4.59. The third-order valence-electron chi connectivity index (χ3n) is 2.41. The summed E-state index contributed by atoms with van der Waals surface area (Å²) in [4.78, 5) is 0. The largest absolute Gasteiger partial charge is 0.394 e. The topological polar surface area (TPSA) is 57.6 Å². The average Bonchev–Trinajstić information content (AvgIpc) is 2.13. The van der Waals surface area contributed by atoms with Gasteiger partial charge >= 0.3 is 0 Å². The van der Waals surface area contributed by atoms with Gasteiger partial charge in [-0.05, 0) is 20.3 Å². The smallest absolute Gasteiger partial charge is 0.214 e. The number of aliphatic hydroxyl groups excluding tert-OH is 1. The number of sulfonamides is 1. The van der Waals surface area contributed by atoms with Gasteiger partial charge in [-0.15, -0.1) is 0 Å². The van der Waals surface area contributed by atoms with Gasteiger partial charge in [0, 0.05) is 7.05 Å². The van der Waals surface area contributed by atoms with Gasteiger partial charge in [-0.25, -0.2) is 8.42 Å². The summed E-state index contributed by atoms with van der Waals surface area (Å²) in [6.45, 7) is 5.19. The fourth-order valence-corrected chi connectivity index (χ4v) is 2.68. The molecule has 0 saturated heterocycles. The molecule has 0 aliphatic heterocycles. The summed E-state index contributed by atoms with van der Waals surface area (Å²) >= 11 is 0. The monoisotopic (exact) mass is 223 g/mol. The molecule has 0 unspecified atom stereocenters. The molecule has 0 bridgehead atoms. The second kappa shape index (κ2) is 5.09. The molecule has 0 amide bonds. The highest BCUT2D eigenvalue weighted by Gasteiger charge is 2.31. The molecule has 0 heterocycles. The Morgan fingerprint density at radius 2 is 1.86 bits per heavy atom. The Morgan fingerprint density at radius 1 is 1.36 bits per heavy atom. The molecule has 0 fully saturated rings. The standard InChI is InChI=1S/C9H21NO3S/c1-5-6-7-14(12,13)10(4)9(2,3)8-11/h11H,5-8H2,1-4H3. The quantitative estimate of drug-likeness (QED) is 0.725. The number of likely N-dealkylation sites (N-methyl/N-ethyl adjacent to an activating group) is 1. The van der Waals surface area contributed by atoms with E-state index >= 15 is 0 Å². The molecule has 5 heteroatoms. The van der Waals surface area contributed by atoms with Crippen LogP contribution in [0.3, 0.4) is 0 Å². The maximum absolute atomic E-state index is 11.7. The van der Waals surface area contributed by atoms with Crippen molar-refractivity contribution in [2.45, 2.75) is 39.2 Å². The summed E-state index contributed by atoms with van der Waals surface area (Å²) in [6, 6.07) is 0. The van der Waals surface area contributed by atoms with Gasteiger partial charge in [0.05, 0.1) is 17.9 Å². The maximum atomic E-state index is 11.7. The molecule has 0 rings (SSSR count). The number of aliphatic hydroxyl groups is 1. The van der Waals surface area contributed by atoms with Gasteiger partial charge in [0.15, 0.2) is 0 Å². The Hall–Kier alpha value is -0.130. The highest BCUT2D eigenvalue weighted by atomic mass is 32.2. The van der Waals surface area contributed by atoms with Gasteiger partial charge in [-0.2, -0.15) is 4.31 Å². The normalized spacial score (nSPS) is 13.6. The molecule has 0 aromatic rings. The molecular formula is C9H21NO3S. The van der Waals surface area contributed by atoms with Gasteiger partial charge in [0.1, 0.15) is 0 Å². The summed E-state index contributed by atoms with van der Waals surface area (Å²) in [5.41, 5.74) is -0.716. The van der Waals surface area contributed by atoms with Crippen LogP contribution in [0.4, 0.5) is 0 Å². The van der Waals surface area contributed by atoms with Crippen LogP contribution in [0, 0.1) is 0 Å². The minimum absolute atomic E-state index is 0.156. The molecule has 0 aromatic carbocycles. The predicted molar refractivity (Wildman–Crippen MR) is 57.6 cm³/mol. The van der Waals surface area contributed by atoms with Crippen LogP contribution >= 0.6 is 0 Å². The van der Waals surface area contributed by atoms with Crippen molar-refractivity contribution in [3.63, 3.8) is 0 Å². The minimum atomic E-state index is -3.22. The van der Waals surface area contributed by atoms with Crippen LogP contribution < -0.4 is 0 Å². The molecule has 86 valence electrons. The van der Waals surface area contributed by atoms with E-state index in [1.54, 1.807) is 13.8 Å². The van der Waals surface area contributed by atoms with Gasteiger partial charge in [-0.1, -0.05) is 13.3 Å². The molecule has 14 heavy (non-hydrogen) atoms. The predicted octanol–water partition coefficient (Wildman–Crippen LogP) is 0.819. The van der Waals surface area contributed by atoms with E-state index in [0.717, 1.165) is 6.42 Å². The molecule has 0 aliphatic carbocycles. The second-order valence-corrected chi connectivity index (χ2v) is 6.23. The molecular weight excluding hydrogens is 202 g/mol. The molecule has 0 aromatic heterocycles. The Labute approximate surface area is 87.0 Å². The van der Waals surface area contributed by atoms with E-state index < -0.39 is 15.6 Å². The van der Waals surface area contributed by atoms with Crippen LogP contribution in [-0.4, -0.2) is 42.8 Å². The fraction of sp³-hybridized carbons (Fsp3) is 1.00. The average molecular weight is 223 g/mol. The fourth-order valence-electron chi connectivity index (χ4n) is 0.940. The van der Waals surface area contributed by atoms with E-state index in [4.69, 9.17) is 5.11 Å². The Bertz CT molecular complexity index is 259. The molecule has 0 saturated carbocycles. The molecule has 1 N–H and O–H groups in total. The number of hydrogen-bond acceptors (Lipinski definition) is 3. The molecule has 0 atom stereocenters. The first-order chi connectivity index (χ1) is 6.28. The highest BCUT2D eigenvalue weighted by molar-refractivity contribution is 7.89. The zero-order chi connectivity index (χ0) is 11.4.